The molecule has 0 unspecified atom stereocenters. The third kappa shape index (κ3) is 2.53. The number of benzene rings is 1. The molecule has 0 saturated carbocycles. The second-order valence-electron chi connectivity index (χ2n) is 4.86. The van der Waals surface area contributed by atoms with Crippen molar-refractivity contribution in [3.8, 4) is 0 Å². The number of aryl methyl sites for hydroxylation is 2. The predicted molar refractivity (Wildman–Crippen MR) is 87.7 cm³/mol. The molecule has 1 N–H and O–H groups in total. The Morgan fingerprint density at radius 2 is 2.09 bits per heavy atom. The van der Waals surface area contributed by atoms with Crippen molar-refractivity contribution in [2.24, 2.45) is 7.05 Å². The van der Waals surface area contributed by atoms with Crippen molar-refractivity contribution in [1.82, 2.24) is 14.8 Å². The van der Waals surface area contributed by atoms with E-state index >= 15 is 0 Å². The number of halogens is 2. The van der Waals surface area contributed by atoms with Gasteiger partial charge in [0.05, 0.1) is 21.7 Å². The van der Waals surface area contributed by atoms with Crippen molar-refractivity contribution in [1.29, 1.82) is 0 Å². The van der Waals surface area contributed by atoms with Gasteiger partial charge in [0.1, 0.15) is 0 Å². The first-order valence-corrected chi connectivity index (χ1v) is 7.27. The molecule has 2 aromatic heterocycles. The summed E-state index contributed by atoms with van der Waals surface area (Å²) in [4.78, 5) is 16.7. The minimum atomic E-state index is -0.343. The molecule has 1 aromatic carbocycles. The topological polar surface area (TPSA) is 59.8 Å². The fourth-order valence-corrected chi connectivity index (χ4v) is 2.84. The van der Waals surface area contributed by atoms with Crippen LogP contribution in [-0.2, 0) is 7.05 Å². The highest BCUT2D eigenvalue weighted by Crippen LogP contribution is 2.28. The molecule has 22 heavy (non-hydrogen) atoms. The highest BCUT2D eigenvalue weighted by atomic mass is 35.5. The zero-order valence-corrected chi connectivity index (χ0v) is 13.4. The van der Waals surface area contributed by atoms with Crippen LogP contribution in [0.4, 0.5) is 5.69 Å². The average molecular weight is 335 g/mol. The quantitative estimate of drug-likeness (QED) is 0.774. The van der Waals surface area contributed by atoms with Crippen molar-refractivity contribution in [2.75, 3.05) is 5.32 Å². The van der Waals surface area contributed by atoms with Gasteiger partial charge in [-0.3, -0.25) is 9.48 Å². The molecular weight excluding hydrogens is 323 g/mol. The number of fused-ring (bicyclic) bond motifs is 1. The molecule has 0 atom stereocenters. The largest absolute Gasteiger partial charge is 0.322 e. The molecule has 1 amide bonds. The van der Waals surface area contributed by atoms with Crippen molar-refractivity contribution in [3.05, 3.63) is 51.8 Å². The summed E-state index contributed by atoms with van der Waals surface area (Å²) < 4.78 is 1.63. The van der Waals surface area contributed by atoms with E-state index < -0.39 is 0 Å². The van der Waals surface area contributed by atoms with E-state index in [1.54, 1.807) is 36.0 Å². The molecule has 0 aliphatic carbocycles. The van der Waals surface area contributed by atoms with Gasteiger partial charge in [0.25, 0.3) is 5.91 Å². The first kappa shape index (κ1) is 14.8. The van der Waals surface area contributed by atoms with Crippen LogP contribution in [0.1, 0.15) is 16.1 Å². The van der Waals surface area contributed by atoms with Gasteiger partial charge in [-0.1, -0.05) is 29.3 Å². The summed E-state index contributed by atoms with van der Waals surface area (Å²) in [5.41, 5.74) is 2.26. The Labute approximate surface area is 136 Å². The van der Waals surface area contributed by atoms with Crippen molar-refractivity contribution < 1.29 is 4.79 Å². The summed E-state index contributed by atoms with van der Waals surface area (Å²) in [6.45, 7) is 1.83. The number of amides is 1. The summed E-state index contributed by atoms with van der Waals surface area (Å²) in [5.74, 6) is -0.343. The summed E-state index contributed by atoms with van der Waals surface area (Å²) in [6, 6.07) is 6.90. The molecule has 112 valence electrons. The highest BCUT2D eigenvalue weighted by Gasteiger charge is 2.18. The van der Waals surface area contributed by atoms with Gasteiger partial charge in [0.2, 0.25) is 0 Å². The zero-order chi connectivity index (χ0) is 15.9. The normalized spacial score (nSPS) is 10.9. The van der Waals surface area contributed by atoms with E-state index in [1.807, 2.05) is 6.92 Å². The maximum Gasteiger partial charge on any atom is 0.258 e. The van der Waals surface area contributed by atoms with Gasteiger partial charge in [-0.05, 0) is 25.1 Å². The van der Waals surface area contributed by atoms with Crippen LogP contribution in [0.25, 0.3) is 11.0 Å². The fourth-order valence-electron chi connectivity index (χ4n) is 2.29. The molecule has 0 bridgehead atoms. The number of nitrogens with zero attached hydrogens (tertiary/aromatic N) is 3. The van der Waals surface area contributed by atoms with Crippen LogP contribution in [0.5, 0.6) is 0 Å². The molecule has 0 aliphatic heterocycles. The van der Waals surface area contributed by atoms with Crippen molar-refractivity contribution in [3.63, 3.8) is 0 Å². The van der Waals surface area contributed by atoms with Gasteiger partial charge >= 0.3 is 0 Å². The standard InChI is InChI=1S/C15H12Cl2N4O/c1-8-12-13(17)11(7-18-14(12)21(2)20-8)15(22)19-10-5-3-4-9(16)6-10/h3-7H,1-2H3,(H,19,22). The smallest absolute Gasteiger partial charge is 0.258 e. The number of hydrogen-bond donors (Lipinski definition) is 1. The van der Waals surface area contributed by atoms with Gasteiger partial charge in [-0.2, -0.15) is 5.10 Å². The van der Waals surface area contributed by atoms with Crippen molar-refractivity contribution >= 4 is 45.8 Å². The molecule has 0 fully saturated rings. The van der Waals surface area contributed by atoms with Gasteiger partial charge in [0, 0.05) is 24.0 Å². The van der Waals surface area contributed by atoms with E-state index in [2.05, 4.69) is 15.4 Å². The summed E-state index contributed by atoms with van der Waals surface area (Å²) in [5, 5.41) is 8.59. The van der Waals surface area contributed by atoms with Gasteiger partial charge in [-0.25, -0.2) is 4.98 Å². The lowest BCUT2D eigenvalue weighted by atomic mass is 10.2. The molecular formula is C15H12Cl2N4O. The lowest BCUT2D eigenvalue weighted by Crippen LogP contribution is -2.13. The van der Waals surface area contributed by atoms with Crippen LogP contribution in [0.2, 0.25) is 10.0 Å². The first-order chi connectivity index (χ1) is 10.5. The summed E-state index contributed by atoms with van der Waals surface area (Å²) in [6.07, 6.45) is 1.45. The minimum absolute atomic E-state index is 0.297. The van der Waals surface area contributed by atoms with E-state index in [-0.39, 0.29) is 5.91 Å². The Morgan fingerprint density at radius 1 is 1.32 bits per heavy atom. The molecule has 2 heterocycles. The van der Waals surface area contributed by atoms with E-state index in [1.165, 1.54) is 6.20 Å². The molecule has 0 saturated heterocycles. The number of carbonyl (C=O) groups excluding carboxylic acids is 1. The van der Waals surface area contributed by atoms with E-state index in [9.17, 15) is 4.79 Å². The fraction of sp³-hybridized carbons (Fsp3) is 0.133. The lowest BCUT2D eigenvalue weighted by Gasteiger charge is -2.07. The number of pyridine rings is 1. The molecule has 0 radical (unpaired) electrons. The molecule has 0 spiro atoms. The van der Waals surface area contributed by atoms with E-state index in [4.69, 9.17) is 23.2 Å². The number of anilines is 1. The predicted octanol–water partition coefficient (Wildman–Crippen LogP) is 3.84. The van der Waals surface area contributed by atoms with Gasteiger partial charge < -0.3 is 5.32 Å². The molecule has 3 rings (SSSR count). The maximum atomic E-state index is 12.4. The first-order valence-electron chi connectivity index (χ1n) is 6.52. The third-order valence-corrected chi connectivity index (χ3v) is 3.92. The second-order valence-corrected chi connectivity index (χ2v) is 5.67. The molecule has 7 heteroatoms. The van der Waals surface area contributed by atoms with Crippen molar-refractivity contribution in [2.45, 2.75) is 6.92 Å². The Bertz CT molecular complexity index is 889. The second kappa shape index (κ2) is 5.59. The van der Waals surface area contributed by atoms with Crippen LogP contribution in [0.3, 0.4) is 0 Å². The average Bonchev–Trinajstić information content (AvgIpc) is 2.74. The Kier molecular flexibility index (Phi) is 3.76. The summed E-state index contributed by atoms with van der Waals surface area (Å²) >= 11 is 12.3. The molecule has 0 aliphatic rings. The monoisotopic (exact) mass is 334 g/mol. The maximum absolute atomic E-state index is 12.4. The minimum Gasteiger partial charge on any atom is -0.322 e. The number of rotatable bonds is 2. The zero-order valence-electron chi connectivity index (χ0n) is 11.9. The Morgan fingerprint density at radius 3 is 2.82 bits per heavy atom. The molecule has 3 aromatic rings. The number of aromatic nitrogens is 3. The summed E-state index contributed by atoms with van der Waals surface area (Å²) in [7, 11) is 1.78. The van der Waals surface area contributed by atoms with Crippen LogP contribution in [0, 0.1) is 6.92 Å². The van der Waals surface area contributed by atoms with E-state index in [0.717, 1.165) is 5.69 Å². The SMILES string of the molecule is Cc1nn(C)c2ncc(C(=O)Nc3cccc(Cl)c3)c(Cl)c12. The number of carbonyl (C=O) groups is 1. The Balaban J connectivity index is 2.01. The van der Waals surface area contributed by atoms with Crippen LogP contribution in [-0.4, -0.2) is 20.7 Å². The van der Waals surface area contributed by atoms with Gasteiger partial charge in [-0.15, -0.1) is 0 Å². The van der Waals surface area contributed by atoms with E-state index in [0.29, 0.717) is 32.3 Å². The van der Waals surface area contributed by atoms with Crippen LogP contribution in [0.15, 0.2) is 30.5 Å². The molecule has 5 nitrogen and oxygen atoms in total. The van der Waals surface area contributed by atoms with Gasteiger partial charge in [0.15, 0.2) is 5.65 Å². The van der Waals surface area contributed by atoms with Crippen LogP contribution >= 0.6 is 23.2 Å². The lowest BCUT2D eigenvalue weighted by molar-refractivity contribution is 0.102. The third-order valence-electron chi connectivity index (χ3n) is 3.29. The van der Waals surface area contributed by atoms with Crippen LogP contribution < -0.4 is 5.32 Å². The number of nitrogens with one attached hydrogen (secondary N) is 1. The highest BCUT2D eigenvalue weighted by molar-refractivity contribution is 6.39. The Hall–Kier alpha value is -2.11. The number of hydrogen-bond acceptors (Lipinski definition) is 3.